The molecule has 0 aliphatic heterocycles. The summed E-state index contributed by atoms with van der Waals surface area (Å²) in [5.41, 5.74) is 4.51. The summed E-state index contributed by atoms with van der Waals surface area (Å²) >= 11 is 0. The second-order valence-electron chi connectivity index (χ2n) is 4.20. The Labute approximate surface area is 105 Å². The molecule has 0 fully saturated rings. The van der Waals surface area contributed by atoms with Crippen LogP contribution in [0.2, 0.25) is 0 Å². The van der Waals surface area contributed by atoms with Gasteiger partial charge < -0.3 is 5.11 Å². The van der Waals surface area contributed by atoms with Gasteiger partial charge in [0.2, 0.25) is 0 Å². The van der Waals surface area contributed by atoms with Gasteiger partial charge in [-0.2, -0.15) is 0 Å². The second-order valence-corrected chi connectivity index (χ2v) is 4.20. The van der Waals surface area contributed by atoms with E-state index in [-0.39, 0.29) is 6.42 Å². The molecular formula is C14H14N2O2. The maximum Gasteiger partial charge on any atom is 0.307 e. The van der Waals surface area contributed by atoms with E-state index in [0.717, 1.165) is 28.1 Å². The minimum absolute atomic E-state index is 0.0248. The van der Waals surface area contributed by atoms with E-state index < -0.39 is 5.97 Å². The molecule has 1 aromatic heterocycles. The van der Waals surface area contributed by atoms with Crippen molar-refractivity contribution in [2.24, 2.45) is 0 Å². The molecule has 0 spiro atoms. The number of nitrogens with zero attached hydrogens (tertiary/aromatic N) is 2. The van der Waals surface area contributed by atoms with Gasteiger partial charge in [-0.3, -0.25) is 4.79 Å². The van der Waals surface area contributed by atoms with E-state index in [1.54, 1.807) is 6.07 Å². The Morgan fingerprint density at radius 1 is 1.28 bits per heavy atom. The number of rotatable bonds is 3. The standard InChI is InChI=1S/C14H14N2O2/c1-9-10(2)15-8-16-14(9)12-5-3-4-11(6-12)7-13(17)18/h3-6,8H,7H2,1-2H3,(H,17,18). The number of benzene rings is 1. The average Bonchev–Trinajstić information content (AvgIpc) is 2.32. The number of hydrogen-bond donors (Lipinski definition) is 1. The van der Waals surface area contributed by atoms with Gasteiger partial charge in [0, 0.05) is 11.3 Å². The highest BCUT2D eigenvalue weighted by Gasteiger charge is 2.08. The van der Waals surface area contributed by atoms with Crippen LogP contribution in [0.15, 0.2) is 30.6 Å². The highest BCUT2D eigenvalue weighted by Crippen LogP contribution is 2.22. The fraction of sp³-hybridized carbons (Fsp3) is 0.214. The Hall–Kier alpha value is -2.23. The Morgan fingerprint density at radius 2 is 2.06 bits per heavy atom. The molecule has 1 N–H and O–H groups in total. The van der Waals surface area contributed by atoms with Gasteiger partial charge >= 0.3 is 5.97 Å². The quantitative estimate of drug-likeness (QED) is 0.897. The Bertz CT molecular complexity index is 594. The van der Waals surface area contributed by atoms with Crippen LogP contribution in [-0.2, 0) is 11.2 Å². The topological polar surface area (TPSA) is 63.1 Å². The molecule has 0 aliphatic rings. The van der Waals surface area contributed by atoms with Gasteiger partial charge in [0.05, 0.1) is 12.1 Å². The SMILES string of the molecule is Cc1ncnc(-c2cccc(CC(=O)O)c2)c1C. The van der Waals surface area contributed by atoms with E-state index in [4.69, 9.17) is 5.11 Å². The van der Waals surface area contributed by atoms with Crippen molar-refractivity contribution in [1.82, 2.24) is 9.97 Å². The molecule has 2 aromatic rings. The first-order valence-corrected chi connectivity index (χ1v) is 5.67. The van der Waals surface area contributed by atoms with Gasteiger partial charge in [0.1, 0.15) is 6.33 Å². The van der Waals surface area contributed by atoms with Gasteiger partial charge in [0.25, 0.3) is 0 Å². The molecule has 1 aromatic carbocycles. The maximum absolute atomic E-state index is 10.7. The third kappa shape index (κ3) is 2.53. The van der Waals surface area contributed by atoms with E-state index in [0.29, 0.717) is 0 Å². The lowest BCUT2D eigenvalue weighted by atomic mass is 10.0. The molecular weight excluding hydrogens is 228 g/mol. The van der Waals surface area contributed by atoms with E-state index in [1.807, 2.05) is 32.0 Å². The van der Waals surface area contributed by atoms with Crippen molar-refractivity contribution in [3.63, 3.8) is 0 Å². The number of carbonyl (C=O) groups is 1. The summed E-state index contributed by atoms with van der Waals surface area (Å²) in [6.45, 7) is 3.90. The van der Waals surface area contributed by atoms with E-state index in [2.05, 4.69) is 9.97 Å². The Kier molecular flexibility index (Phi) is 3.37. The van der Waals surface area contributed by atoms with Gasteiger partial charge in [-0.1, -0.05) is 18.2 Å². The maximum atomic E-state index is 10.7. The molecule has 0 unspecified atom stereocenters. The summed E-state index contributed by atoms with van der Waals surface area (Å²) in [5.74, 6) is -0.831. The molecule has 18 heavy (non-hydrogen) atoms. The van der Waals surface area contributed by atoms with Crippen molar-refractivity contribution in [1.29, 1.82) is 0 Å². The molecule has 0 saturated carbocycles. The zero-order valence-corrected chi connectivity index (χ0v) is 10.3. The number of aryl methyl sites for hydroxylation is 1. The van der Waals surface area contributed by atoms with Crippen LogP contribution >= 0.6 is 0 Å². The third-order valence-electron chi connectivity index (χ3n) is 2.89. The predicted octanol–water partition coefficient (Wildman–Crippen LogP) is 2.39. The number of aliphatic carboxylic acids is 1. The minimum Gasteiger partial charge on any atom is -0.481 e. The smallest absolute Gasteiger partial charge is 0.307 e. The van der Waals surface area contributed by atoms with Gasteiger partial charge in [-0.15, -0.1) is 0 Å². The lowest BCUT2D eigenvalue weighted by Gasteiger charge is -2.07. The molecule has 0 atom stereocenters. The average molecular weight is 242 g/mol. The third-order valence-corrected chi connectivity index (χ3v) is 2.89. The van der Waals surface area contributed by atoms with Crippen molar-refractivity contribution in [2.45, 2.75) is 20.3 Å². The second kappa shape index (κ2) is 4.96. The van der Waals surface area contributed by atoms with Crippen LogP contribution in [0.4, 0.5) is 0 Å². The molecule has 1 heterocycles. The van der Waals surface area contributed by atoms with E-state index in [9.17, 15) is 4.79 Å². The molecule has 2 rings (SSSR count). The summed E-state index contributed by atoms with van der Waals surface area (Å²) in [6.07, 6.45) is 1.55. The molecule has 4 heteroatoms. The summed E-state index contributed by atoms with van der Waals surface area (Å²) in [7, 11) is 0. The summed E-state index contributed by atoms with van der Waals surface area (Å²) in [5, 5.41) is 8.80. The molecule has 0 saturated heterocycles. The first-order valence-electron chi connectivity index (χ1n) is 5.67. The normalized spacial score (nSPS) is 10.3. The molecule has 0 bridgehead atoms. The summed E-state index contributed by atoms with van der Waals surface area (Å²) in [6, 6.07) is 7.45. The zero-order valence-electron chi connectivity index (χ0n) is 10.3. The molecule has 0 radical (unpaired) electrons. The first-order chi connectivity index (χ1) is 8.58. The fourth-order valence-corrected chi connectivity index (χ4v) is 1.83. The Morgan fingerprint density at radius 3 is 2.78 bits per heavy atom. The lowest BCUT2D eigenvalue weighted by molar-refractivity contribution is -0.136. The van der Waals surface area contributed by atoms with Crippen LogP contribution in [-0.4, -0.2) is 21.0 Å². The number of carboxylic acid groups (broad SMARTS) is 1. The van der Waals surface area contributed by atoms with Crippen molar-refractivity contribution in [3.8, 4) is 11.3 Å². The van der Waals surface area contributed by atoms with Gasteiger partial charge in [-0.25, -0.2) is 9.97 Å². The van der Waals surface area contributed by atoms with Crippen LogP contribution in [0, 0.1) is 13.8 Å². The summed E-state index contributed by atoms with van der Waals surface area (Å²) < 4.78 is 0. The van der Waals surface area contributed by atoms with Crippen LogP contribution in [0.1, 0.15) is 16.8 Å². The van der Waals surface area contributed by atoms with Gasteiger partial charge in [0.15, 0.2) is 0 Å². The molecule has 0 amide bonds. The monoisotopic (exact) mass is 242 g/mol. The number of carboxylic acids is 1. The van der Waals surface area contributed by atoms with Crippen LogP contribution in [0.3, 0.4) is 0 Å². The molecule has 4 nitrogen and oxygen atoms in total. The Balaban J connectivity index is 2.44. The molecule has 0 aliphatic carbocycles. The van der Waals surface area contributed by atoms with Gasteiger partial charge in [-0.05, 0) is 31.0 Å². The zero-order chi connectivity index (χ0) is 13.1. The predicted molar refractivity (Wildman–Crippen MR) is 68.3 cm³/mol. The van der Waals surface area contributed by atoms with Crippen molar-refractivity contribution < 1.29 is 9.90 Å². The molecule has 92 valence electrons. The lowest BCUT2D eigenvalue weighted by Crippen LogP contribution is -2.00. The minimum atomic E-state index is -0.831. The van der Waals surface area contributed by atoms with Crippen LogP contribution < -0.4 is 0 Å². The fourth-order valence-electron chi connectivity index (χ4n) is 1.83. The van der Waals surface area contributed by atoms with E-state index >= 15 is 0 Å². The van der Waals surface area contributed by atoms with Crippen molar-refractivity contribution in [2.75, 3.05) is 0 Å². The highest BCUT2D eigenvalue weighted by molar-refractivity contribution is 5.72. The first kappa shape index (κ1) is 12.2. The van der Waals surface area contributed by atoms with Crippen LogP contribution in [0.25, 0.3) is 11.3 Å². The van der Waals surface area contributed by atoms with Crippen molar-refractivity contribution >= 4 is 5.97 Å². The number of aromatic nitrogens is 2. The van der Waals surface area contributed by atoms with Crippen molar-refractivity contribution in [3.05, 3.63) is 47.4 Å². The number of hydrogen-bond acceptors (Lipinski definition) is 3. The summed E-state index contributed by atoms with van der Waals surface area (Å²) in [4.78, 5) is 19.1. The van der Waals surface area contributed by atoms with Crippen LogP contribution in [0.5, 0.6) is 0 Å². The highest BCUT2D eigenvalue weighted by atomic mass is 16.4. The largest absolute Gasteiger partial charge is 0.481 e. The van der Waals surface area contributed by atoms with E-state index in [1.165, 1.54) is 6.33 Å².